The lowest BCUT2D eigenvalue weighted by Gasteiger charge is -2.28. The first kappa shape index (κ1) is 33.1. The van der Waals surface area contributed by atoms with Gasteiger partial charge in [0.2, 0.25) is 0 Å². The molecule has 0 aliphatic carbocycles. The fraction of sp³-hybridized carbons (Fsp3) is 0.462. The second kappa shape index (κ2) is 14.3. The van der Waals surface area contributed by atoms with E-state index < -0.39 is 48.3 Å². The van der Waals surface area contributed by atoms with Gasteiger partial charge in [-0.05, 0) is 45.9 Å². The number of aliphatic hydroxyl groups excluding tert-OH is 1. The quantitative estimate of drug-likeness (QED) is 0.171. The van der Waals surface area contributed by atoms with Crippen molar-refractivity contribution in [1.29, 1.82) is 0 Å². The van der Waals surface area contributed by atoms with Crippen molar-refractivity contribution in [2.24, 2.45) is 0 Å². The fourth-order valence-corrected chi connectivity index (χ4v) is 8.06. The first-order valence-electron chi connectivity index (χ1n) is 13.3. The van der Waals surface area contributed by atoms with Gasteiger partial charge in [0.25, 0.3) is 0 Å². The molecule has 3 aromatic rings. The van der Waals surface area contributed by atoms with Crippen molar-refractivity contribution >= 4 is 42.5 Å². The van der Waals surface area contributed by atoms with Gasteiger partial charge in [-0.25, -0.2) is 19.0 Å². The Morgan fingerprint density at radius 2 is 1.98 bits per heavy atom. The summed E-state index contributed by atoms with van der Waals surface area (Å²) < 4.78 is 52.3. The normalized spacial score (nSPS) is 17.6. The minimum Gasteiger partial charge on any atom is -0.508 e. The van der Waals surface area contributed by atoms with Crippen LogP contribution in [0, 0.1) is 12.7 Å². The SMILES string of the molecule is CCOC(=O)c1sc(-c2ccc(O)c(C(Nc3nc(=O)n(C4CSC(CO)O4)cc3F)P(=O)(OCC)OCC)c2)nc1C. The van der Waals surface area contributed by atoms with Crippen molar-refractivity contribution in [3.63, 3.8) is 0 Å². The predicted octanol–water partition coefficient (Wildman–Crippen LogP) is 4.65. The highest BCUT2D eigenvalue weighted by Gasteiger charge is 2.40. The van der Waals surface area contributed by atoms with Crippen molar-refractivity contribution in [2.75, 3.05) is 37.5 Å². The smallest absolute Gasteiger partial charge is 0.357 e. The van der Waals surface area contributed by atoms with Crippen LogP contribution in [0.15, 0.2) is 29.2 Å². The molecule has 13 nitrogen and oxygen atoms in total. The maximum atomic E-state index is 15.4. The Labute approximate surface area is 254 Å². The maximum absolute atomic E-state index is 15.4. The molecule has 17 heteroatoms. The predicted molar refractivity (Wildman–Crippen MR) is 159 cm³/mol. The van der Waals surface area contributed by atoms with Gasteiger partial charge in [0.1, 0.15) is 27.3 Å². The second-order valence-electron chi connectivity index (χ2n) is 9.01. The number of ether oxygens (including phenoxy) is 2. The number of phenolic OH excluding ortho intramolecular Hbond substituents is 1. The molecule has 0 amide bonds. The molecule has 3 N–H and O–H groups in total. The van der Waals surface area contributed by atoms with E-state index in [4.69, 9.17) is 18.5 Å². The molecule has 43 heavy (non-hydrogen) atoms. The van der Waals surface area contributed by atoms with E-state index in [1.807, 2.05) is 0 Å². The van der Waals surface area contributed by atoms with Crippen LogP contribution in [-0.4, -0.2) is 68.3 Å². The molecule has 1 aromatic carbocycles. The zero-order valence-electron chi connectivity index (χ0n) is 23.8. The summed E-state index contributed by atoms with van der Waals surface area (Å²) in [6.45, 7) is 6.35. The number of halogens is 1. The molecule has 0 spiro atoms. The van der Waals surface area contributed by atoms with Gasteiger partial charge in [-0.2, -0.15) is 4.98 Å². The number of aryl methyl sites for hydroxylation is 1. The third kappa shape index (κ3) is 7.28. The molecule has 1 saturated heterocycles. The first-order valence-corrected chi connectivity index (χ1v) is 16.8. The molecule has 1 aliphatic rings. The van der Waals surface area contributed by atoms with E-state index in [1.165, 1.54) is 23.9 Å². The Morgan fingerprint density at radius 1 is 1.26 bits per heavy atom. The summed E-state index contributed by atoms with van der Waals surface area (Å²) in [6, 6.07) is 4.34. The molecule has 3 atom stereocenters. The number of nitrogens with one attached hydrogen (secondary N) is 1. The summed E-state index contributed by atoms with van der Waals surface area (Å²) in [5.41, 5.74) is -0.548. The number of anilines is 1. The number of rotatable bonds is 13. The number of aromatic hydroxyl groups is 1. The fourth-order valence-electron chi connectivity index (χ4n) is 4.25. The third-order valence-corrected chi connectivity index (χ3v) is 10.7. The van der Waals surface area contributed by atoms with E-state index in [0.29, 0.717) is 26.9 Å². The Bertz CT molecular complexity index is 1560. The zero-order valence-corrected chi connectivity index (χ0v) is 26.3. The van der Waals surface area contributed by atoms with E-state index in [2.05, 4.69) is 15.3 Å². The zero-order chi connectivity index (χ0) is 31.3. The molecule has 4 rings (SSSR count). The number of aliphatic hydroxyl groups is 1. The van der Waals surface area contributed by atoms with Crippen LogP contribution in [0.3, 0.4) is 0 Å². The minimum atomic E-state index is -4.20. The standard InChI is InChI=1S/C26H32FN4O9PS2/c1-5-37-25(34)21-14(4)28-24(43-21)15-8-9-18(33)16(10-15)23(41(36,38-6-2)39-7-3)29-22-17(27)11-31(26(35)30-22)19-13-42-20(12-32)40-19/h8-11,19-20,23,32-33H,5-7,12-13H2,1-4H3,(H,29,30,35). The number of thioether (sulfide) groups is 1. The number of carbonyl (C=O) groups is 1. The van der Waals surface area contributed by atoms with Gasteiger partial charge in [-0.3, -0.25) is 9.13 Å². The molecule has 234 valence electrons. The van der Waals surface area contributed by atoms with Gasteiger partial charge in [-0.15, -0.1) is 23.1 Å². The number of phenols is 1. The Balaban J connectivity index is 1.78. The largest absolute Gasteiger partial charge is 0.508 e. The summed E-state index contributed by atoms with van der Waals surface area (Å²) in [7, 11) is -4.20. The minimum absolute atomic E-state index is 0.0139. The average molecular weight is 659 g/mol. The van der Waals surface area contributed by atoms with E-state index >= 15 is 4.39 Å². The van der Waals surface area contributed by atoms with Crippen LogP contribution in [-0.2, 0) is 23.1 Å². The van der Waals surface area contributed by atoms with Crippen LogP contribution in [0.1, 0.15) is 53.7 Å². The molecule has 2 aromatic heterocycles. The number of thiazole rings is 1. The third-order valence-electron chi connectivity index (χ3n) is 6.13. The molecule has 1 fully saturated rings. The molecule has 3 unspecified atom stereocenters. The summed E-state index contributed by atoms with van der Waals surface area (Å²) in [6.07, 6.45) is 0.0544. The van der Waals surface area contributed by atoms with E-state index in [9.17, 15) is 24.4 Å². The maximum Gasteiger partial charge on any atom is 0.357 e. The molecule has 0 radical (unpaired) electrons. The van der Waals surface area contributed by atoms with Crippen LogP contribution in [0.2, 0.25) is 0 Å². The van der Waals surface area contributed by atoms with Crippen molar-refractivity contribution in [3.05, 3.63) is 56.8 Å². The average Bonchev–Trinajstić information content (AvgIpc) is 3.61. The topological polar surface area (TPSA) is 171 Å². The van der Waals surface area contributed by atoms with Crippen molar-refractivity contribution in [1.82, 2.24) is 14.5 Å². The summed E-state index contributed by atoms with van der Waals surface area (Å²) >= 11 is 2.34. The van der Waals surface area contributed by atoms with Crippen LogP contribution in [0.4, 0.5) is 10.2 Å². The molecular weight excluding hydrogens is 626 g/mol. The Hall–Kier alpha value is -2.85. The second-order valence-corrected chi connectivity index (χ2v) is 13.3. The van der Waals surface area contributed by atoms with Gasteiger partial charge >= 0.3 is 19.3 Å². The summed E-state index contributed by atoms with van der Waals surface area (Å²) in [5, 5.41) is 23.3. The molecule has 0 saturated carbocycles. The van der Waals surface area contributed by atoms with Crippen molar-refractivity contribution < 1.29 is 42.5 Å². The van der Waals surface area contributed by atoms with Crippen molar-refractivity contribution in [2.45, 2.75) is 45.1 Å². The lowest BCUT2D eigenvalue weighted by Crippen LogP contribution is -2.30. The number of nitrogens with zero attached hydrogens (tertiary/aromatic N) is 3. The highest BCUT2D eigenvalue weighted by Crippen LogP contribution is 2.62. The highest BCUT2D eigenvalue weighted by molar-refractivity contribution is 8.00. The van der Waals surface area contributed by atoms with Crippen LogP contribution < -0.4 is 11.0 Å². The van der Waals surface area contributed by atoms with Gasteiger partial charge in [0.15, 0.2) is 17.4 Å². The number of benzene rings is 1. The monoisotopic (exact) mass is 658 g/mol. The number of esters is 1. The van der Waals surface area contributed by atoms with Gasteiger partial charge in [0, 0.05) is 16.9 Å². The number of hydrogen-bond acceptors (Lipinski definition) is 14. The van der Waals surface area contributed by atoms with E-state index in [-0.39, 0.29) is 37.7 Å². The summed E-state index contributed by atoms with van der Waals surface area (Å²) in [4.78, 5) is 33.8. The number of hydrogen-bond donors (Lipinski definition) is 3. The molecule has 1 aliphatic heterocycles. The Morgan fingerprint density at radius 3 is 2.60 bits per heavy atom. The van der Waals surface area contributed by atoms with Crippen molar-refractivity contribution in [3.8, 4) is 16.3 Å². The van der Waals surface area contributed by atoms with Gasteiger partial charge in [0.05, 0.1) is 38.3 Å². The molecular formula is C26H32FN4O9PS2. The van der Waals surface area contributed by atoms with Crippen LogP contribution in [0.5, 0.6) is 5.75 Å². The first-order chi connectivity index (χ1) is 20.5. The lowest BCUT2D eigenvalue weighted by atomic mass is 10.1. The van der Waals surface area contributed by atoms with Crippen LogP contribution >= 0.6 is 30.7 Å². The van der Waals surface area contributed by atoms with Gasteiger partial charge in [-0.1, -0.05) is 0 Å². The highest BCUT2D eigenvalue weighted by atomic mass is 32.2. The van der Waals surface area contributed by atoms with E-state index in [1.54, 1.807) is 33.8 Å². The number of carbonyl (C=O) groups excluding carboxylic acids is 1. The van der Waals surface area contributed by atoms with Gasteiger partial charge < -0.3 is 34.1 Å². The van der Waals surface area contributed by atoms with Crippen LogP contribution in [0.25, 0.3) is 10.6 Å². The number of aromatic nitrogens is 3. The van der Waals surface area contributed by atoms with E-state index in [0.717, 1.165) is 22.1 Å². The summed E-state index contributed by atoms with van der Waals surface area (Å²) in [5.74, 6) is -3.62. The molecule has 0 bridgehead atoms. The Kier molecular flexibility index (Phi) is 11.0. The lowest BCUT2D eigenvalue weighted by molar-refractivity contribution is -0.00678. The molecule has 3 heterocycles.